The normalized spacial score (nSPS) is 16.9. The highest BCUT2D eigenvalue weighted by Gasteiger charge is 2.27. The number of fused-ring (bicyclic) bond motifs is 1. The van der Waals surface area contributed by atoms with Crippen molar-refractivity contribution in [3.05, 3.63) is 101 Å². The van der Waals surface area contributed by atoms with E-state index >= 15 is 0 Å². The second kappa shape index (κ2) is 8.50. The predicted molar refractivity (Wildman–Crippen MR) is 120 cm³/mol. The summed E-state index contributed by atoms with van der Waals surface area (Å²) in [5, 5.41) is 0.798. The van der Waals surface area contributed by atoms with Gasteiger partial charge in [0, 0.05) is 36.1 Å². The first-order valence-electron chi connectivity index (χ1n) is 10.4. The summed E-state index contributed by atoms with van der Waals surface area (Å²) in [7, 11) is 0. The molecular formula is C25H23ClN4. The Morgan fingerprint density at radius 1 is 0.933 bits per heavy atom. The molecule has 1 atom stereocenters. The van der Waals surface area contributed by atoms with E-state index in [1.807, 2.05) is 18.2 Å². The Balaban J connectivity index is 1.36. The van der Waals surface area contributed by atoms with Crippen LogP contribution in [0.1, 0.15) is 41.4 Å². The van der Waals surface area contributed by atoms with Gasteiger partial charge in [-0.3, -0.25) is 19.9 Å². The standard InChI is InChI=1S/C25H23ClN4/c26-21-7-2-1-5-19(21)16-20-6-3-8-23(29-20)25-9-4-14-30(25)17-18-10-11-22-24(15-18)28-13-12-27-22/h1-3,5-8,10-13,15,25H,4,9,14,16-17H2. The second-order valence-electron chi connectivity index (χ2n) is 7.83. The first kappa shape index (κ1) is 19.2. The van der Waals surface area contributed by atoms with Gasteiger partial charge in [0.05, 0.1) is 22.8 Å². The molecule has 0 bridgehead atoms. The van der Waals surface area contributed by atoms with Gasteiger partial charge in [-0.25, -0.2) is 0 Å². The van der Waals surface area contributed by atoms with E-state index in [1.54, 1.807) is 12.4 Å². The Morgan fingerprint density at radius 3 is 2.70 bits per heavy atom. The molecular weight excluding hydrogens is 392 g/mol. The Bertz CT molecular complexity index is 1180. The fourth-order valence-electron chi connectivity index (χ4n) is 4.31. The largest absolute Gasteiger partial charge is 0.291 e. The molecule has 2 aromatic heterocycles. The topological polar surface area (TPSA) is 41.9 Å². The molecule has 1 aliphatic rings. The van der Waals surface area contributed by atoms with Gasteiger partial charge in [0.1, 0.15) is 0 Å². The van der Waals surface area contributed by atoms with Gasteiger partial charge >= 0.3 is 0 Å². The smallest absolute Gasteiger partial charge is 0.0890 e. The highest BCUT2D eigenvalue weighted by Crippen LogP contribution is 2.33. The molecule has 150 valence electrons. The average molecular weight is 415 g/mol. The Hall–Kier alpha value is -2.82. The third-order valence-corrected chi connectivity index (χ3v) is 6.15. The number of likely N-dealkylation sites (tertiary alicyclic amines) is 1. The lowest BCUT2D eigenvalue weighted by atomic mass is 10.1. The van der Waals surface area contributed by atoms with Gasteiger partial charge in [-0.1, -0.05) is 41.9 Å². The maximum absolute atomic E-state index is 6.35. The van der Waals surface area contributed by atoms with Crippen LogP contribution in [0.5, 0.6) is 0 Å². The van der Waals surface area contributed by atoms with Crippen molar-refractivity contribution in [1.29, 1.82) is 0 Å². The van der Waals surface area contributed by atoms with Crippen molar-refractivity contribution in [2.24, 2.45) is 0 Å². The molecule has 0 aliphatic carbocycles. The predicted octanol–water partition coefficient (Wildman–Crippen LogP) is 5.61. The summed E-state index contributed by atoms with van der Waals surface area (Å²) in [6.45, 7) is 1.98. The zero-order chi connectivity index (χ0) is 20.3. The number of aromatic nitrogens is 3. The first-order valence-corrected chi connectivity index (χ1v) is 10.8. The van der Waals surface area contributed by atoms with Crippen LogP contribution in [0, 0.1) is 0 Å². The highest BCUT2D eigenvalue weighted by molar-refractivity contribution is 6.31. The molecule has 0 spiro atoms. The summed E-state index contributed by atoms with van der Waals surface area (Å²) in [5.41, 5.74) is 6.48. The van der Waals surface area contributed by atoms with E-state index in [0.717, 1.165) is 58.9 Å². The molecule has 0 N–H and O–H groups in total. The summed E-state index contributed by atoms with van der Waals surface area (Å²) in [6.07, 6.45) is 6.56. The molecule has 0 saturated carbocycles. The van der Waals surface area contributed by atoms with Crippen LogP contribution in [-0.4, -0.2) is 26.4 Å². The van der Waals surface area contributed by atoms with Crippen LogP contribution in [0.2, 0.25) is 5.02 Å². The van der Waals surface area contributed by atoms with Crippen molar-refractivity contribution < 1.29 is 0 Å². The first-order chi connectivity index (χ1) is 14.8. The summed E-state index contributed by atoms with van der Waals surface area (Å²) < 4.78 is 0. The van der Waals surface area contributed by atoms with Crippen LogP contribution in [0.4, 0.5) is 0 Å². The van der Waals surface area contributed by atoms with Crippen molar-refractivity contribution in [2.75, 3.05) is 6.54 Å². The maximum atomic E-state index is 6.35. The van der Waals surface area contributed by atoms with E-state index in [0.29, 0.717) is 6.04 Å². The van der Waals surface area contributed by atoms with E-state index in [1.165, 1.54) is 12.0 Å². The molecule has 1 aliphatic heterocycles. The van der Waals surface area contributed by atoms with Crippen molar-refractivity contribution in [3.63, 3.8) is 0 Å². The summed E-state index contributed by atoms with van der Waals surface area (Å²) >= 11 is 6.35. The Labute approximate surface area is 181 Å². The monoisotopic (exact) mass is 414 g/mol. The number of hydrogen-bond donors (Lipinski definition) is 0. The lowest BCUT2D eigenvalue weighted by Gasteiger charge is -2.24. The van der Waals surface area contributed by atoms with Crippen LogP contribution < -0.4 is 0 Å². The number of rotatable bonds is 5. The summed E-state index contributed by atoms with van der Waals surface area (Å²) in [4.78, 5) is 16.4. The number of halogens is 1. The number of hydrogen-bond acceptors (Lipinski definition) is 4. The van der Waals surface area contributed by atoms with Gasteiger partial charge < -0.3 is 0 Å². The van der Waals surface area contributed by atoms with Crippen molar-refractivity contribution in [1.82, 2.24) is 19.9 Å². The van der Waals surface area contributed by atoms with Crippen LogP contribution in [0.15, 0.2) is 73.1 Å². The SMILES string of the molecule is Clc1ccccc1Cc1cccc(C2CCCN2Cc2ccc3nccnc3c2)n1. The molecule has 4 aromatic rings. The fourth-order valence-corrected chi connectivity index (χ4v) is 4.51. The van der Waals surface area contributed by atoms with Gasteiger partial charge in [0.25, 0.3) is 0 Å². The summed E-state index contributed by atoms with van der Waals surface area (Å²) in [5.74, 6) is 0. The van der Waals surface area contributed by atoms with Crippen molar-refractivity contribution in [3.8, 4) is 0 Å². The Kier molecular flexibility index (Phi) is 5.43. The van der Waals surface area contributed by atoms with Gasteiger partial charge in [-0.2, -0.15) is 0 Å². The van der Waals surface area contributed by atoms with Gasteiger partial charge in [0.15, 0.2) is 0 Å². The van der Waals surface area contributed by atoms with Crippen molar-refractivity contribution in [2.45, 2.75) is 31.8 Å². The maximum Gasteiger partial charge on any atom is 0.0890 e. The zero-order valence-electron chi connectivity index (χ0n) is 16.7. The second-order valence-corrected chi connectivity index (χ2v) is 8.24. The number of pyridine rings is 1. The van der Waals surface area contributed by atoms with E-state index in [9.17, 15) is 0 Å². The molecule has 0 radical (unpaired) electrons. The quantitative estimate of drug-likeness (QED) is 0.426. The lowest BCUT2D eigenvalue weighted by molar-refractivity contribution is 0.244. The average Bonchev–Trinajstić information content (AvgIpc) is 3.24. The third-order valence-electron chi connectivity index (χ3n) is 5.78. The molecule has 1 fully saturated rings. The minimum atomic E-state index is 0.341. The van der Waals surface area contributed by atoms with E-state index in [2.05, 4.69) is 57.3 Å². The minimum Gasteiger partial charge on any atom is -0.291 e. The van der Waals surface area contributed by atoms with Crippen LogP contribution >= 0.6 is 11.6 Å². The van der Waals surface area contributed by atoms with Gasteiger partial charge in [-0.15, -0.1) is 0 Å². The van der Waals surface area contributed by atoms with E-state index in [-0.39, 0.29) is 0 Å². The molecule has 5 heteroatoms. The molecule has 30 heavy (non-hydrogen) atoms. The molecule has 1 unspecified atom stereocenters. The van der Waals surface area contributed by atoms with E-state index in [4.69, 9.17) is 16.6 Å². The molecule has 3 heterocycles. The molecule has 2 aromatic carbocycles. The molecule has 1 saturated heterocycles. The number of nitrogens with zero attached hydrogens (tertiary/aromatic N) is 4. The molecule has 4 nitrogen and oxygen atoms in total. The zero-order valence-corrected chi connectivity index (χ0v) is 17.5. The molecule has 5 rings (SSSR count). The molecule has 0 amide bonds. The highest BCUT2D eigenvalue weighted by atomic mass is 35.5. The van der Waals surface area contributed by atoms with E-state index < -0.39 is 0 Å². The number of benzene rings is 2. The Morgan fingerprint density at radius 2 is 1.80 bits per heavy atom. The van der Waals surface area contributed by atoms with Crippen molar-refractivity contribution >= 4 is 22.6 Å². The fraction of sp³-hybridized carbons (Fsp3) is 0.240. The minimum absolute atomic E-state index is 0.341. The third kappa shape index (κ3) is 4.07. The lowest BCUT2D eigenvalue weighted by Crippen LogP contribution is -2.23. The summed E-state index contributed by atoms with van der Waals surface area (Å²) in [6, 6.07) is 21.1. The van der Waals surface area contributed by atoms with Gasteiger partial charge in [-0.05, 0) is 60.8 Å². The van der Waals surface area contributed by atoms with Crippen LogP contribution in [0.3, 0.4) is 0 Å². The van der Waals surface area contributed by atoms with Crippen LogP contribution in [-0.2, 0) is 13.0 Å². The van der Waals surface area contributed by atoms with Gasteiger partial charge in [0.2, 0.25) is 0 Å². The van der Waals surface area contributed by atoms with Crippen LogP contribution in [0.25, 0.3) is 11.0 Å².